The first-order valence-corrected chi connectivity index (χ1v) is 21.0. The van der Waals surface area contributed by atoms with E-state index in [1.54, 1.807) is 0 Å². The highest BCUT2D eigenvalue weighted by molar-refractivity contribution is 5.90. The number of nitrogens with zero attached hydrogens (tertiary/aromatic N) is 4. The van der Waals surface area contributed by atoms with Crippen LogP contribution in [-0.2, 0) is 5.41 Å². The van der Waals surface area contributed by atoms with Crippen molar-refractivity contribution in [3.63, 3.8) is 0 Å². The van der Waals surface area contributed by atoms with Crippen LogP contribution < -0.4 is 0 Å². The van der Waals surface area contributed by atoms with Gasteiger partial charge in [-0.15, -0.1) is 0 Å². The van der Waals surface area contributed by atoms with Gasteiger partial charge in [0.2, 0.25) is 0 Å². The van der Waals surface area contributed by atoms with Crippen molar-refractivity contribution in [1.29, 1.82) is 5.26 Å². The van der Waals surface area contributed by atoms with E-state index in [0.29, 0.717) is 23.0 Å². The molecule has 8 aromatic rings. The lowest BCUT2D eigenvalue weighted by Crippen LogP contribution is -2.28. The van der Waals surface area contributed by atoms with E-state index in [4.69, 9.17) is 15.0 Å². The molecule has 1 saturated carbocycles. The van der Waals surface area contributed by atoms with Crippen molar-refractivity contribution in [3.05, 3.63) is 175 Å². The van der Waals surface area contributed by atoms with Gasteiger partial charge < -0.3 is 0 Å². The first-order valence-electron chi connectivity index (χ1n) is 21.0. The van der Waals surface area contributed by atoms with Crippen molar-refractivity contribution < 1.29 is 0 Å². The highest BCUT2D eigenvalue weighted by atomic mass is 15.0. The Morgan fingerprint density at radius 2 is 0.915 bits per heavy atom. The lowest BCUT2D eigenvalue weighted by atomic mass is 9.69. The number of fused-ring (bicyclic) bond motifs is 1. The second-order valence-corrected chi connectivity index (χ2v) is 16.7. The molecule has 1 unspecified atom stereocenters. The first kappa shape index (κ1) is 37.9. The topological polar surface area (TPSA) is 62.5 Å². The van der Waals surface area contributed by atoms with Gasteiger partial charge in [-0.25, -0.2) is 15.0 Å². The SMILES string of the molecule is CCC1(c2ccc(-c3cc(-c4ccccc4)cc(-c4nc(-c5ccccc5)nc(-c5ccc6cc(-c7ccc(C#N)cc7)ccc6c5)n4)c3)cc2)C[C@H](C)CC[C@H](C)C1. The molecule has 0 N–H and O–H groups in total. The predicted octanol–water partition coefficient (Wildman–Crippen LogP) is 14.4. The number of hydrogen-bond donors (Lipinski definition) is 0. The molecule has 1 fully saturated rings. The number of hydrogen-bond acceptors (Lipinski definition) is 4. The van der Waals surface area contributed by atoms with E-state index in [-0.39, 0.29) is 5.41 Å². The summed E-state index contributed by atoms with van der Waals surface area (Å²) >= 11 is 0. The maximum atomic E-state index is 9.26. The molecule has 288 valence electrons. The zero-order valence-corrected chi connectivity index (χ0v) is 34.1. The van der Waals surface area contributed by atoms with Crippen molar-refractivity contribution >= 4 is 10.8 Å². The maximum Gasteiger partial charge on any atom is 0.164 e. The molecule has 7 aromatic carbocycles. The molecule has 1 heterocycles. The number of benzene rings is 7. The lowest BCUT2D eigenvalue weighted by molar-refractivity contribution is 0.295. The third-order valence-corrected chi connectivity index (χ3v) is 12.5. The standard InChI is InChI=1S/C55H48N4/c1-4-55(34-37(2)15-16-38(3)35-55)51-27-25-42(26-28-51)49-31-48(40-11-7-5-8-12-40)32-50(33-49)54-58-52(43-13-9-6-10-14-43)57-53(59-54)47-24-23-45-29-44(21-22-46(45)30-47)41-19-17-39(36-56)18-20-41/h5-14,17-33,37-38H,4,15-16,34-35H2,1-3H3/t37-,38+,55?. The summed E-state index contributed by atoms with van der Waals surface area (Å²) in [5.41, 5.74) is 11.9. The minimum Gasteiger partial charge on any atom is -0.208 e. The normalized spacial score (nSPS) is 17.9. The molecule has 0 spiro atoms. The smallest absolute Gasteiger partial charge is 0.164 e. The third-order valence-electron chi connectivity index (χ3n) is 12.5. The van der Waals surface area contributed by atoms with Gasteiger partial charge in [-0.1, -0.05) is 155 Å². The van der Waals surface area contributed by atoms with E-state index in [2.05, 4.69) is 148 Å². The van der Waals surface area contributed by atoms with Crippen LogP contribution in [0.5, 0.6) is 0 Å². The Bertz CT molecular complexity index is 2770. The zero-order valence-electron chi connectivity index (χ0n) is 34.1. The number of aromatic nitrogens is 3. The van der Waals surface area contributed by atoms with E-state index in [0.717, 1.165) is 73.5 Å². The van der Waals surface area contributed by atoms with E-state index in [9.17, 15) is 5.26 Å². The molecule has 0 bridgehead atoms. The van der Waals surface area contributed by atoms with Crippen molar-refractivity contribution in [2.75, 3.05) is 0 Å². The molecule has 4 nitrogen and oxygen atoms in total. The Hall–Kier alpha value is -6.70. The summed E-state index contributed by atoms with van der Waals surface area (Å²) in [4.78, 5) is 15.5. The molecule has 1 aromatic heterocycles. The van der Waals surface area contributed by atoms with Crippen LogP contribution in [0.25, 0.3) is 78.3 Å². The van der Waals surface area contributed by atoms with Crippen molar-refractivity contribution in [1.82, 2.24) is 15.0 Å². The number of rotatable bonds is 8. The first-order chi connectivity index (χ1) is 28.9. The van der Waals surface area contributed by atoms with Crippen LogP contribution in [0.4, 0.5) is 0 Å². The quantitative estimate of drug-likeness (QED) is 0.145. The second kappa shape index (κ2) is 16.3. The van der Waals surface area contributed by atoms with Gasteiger partial charge in [-0.3, -0.25) is 0 Å². The number of nitriles is 1. The Kier molecular flexibility index (Phi) is 10.4. The van der Waals surface area contributed by atoms with Gasteiger partial charge in [0, 0.05) is 16.7 Å². The van der Waals surface area contributed by atoms with Gasteiger partial charge >= 0.3 is 0 Å². The van der Waals surface area contributed by atoms with Gasteiger partial charge in [-0.05, 0) is 129 Å². The van der Waals surface area contributed by atoms with Crippen LogP contribution in [-0.4, -0.2) is 15.0 Å². The molecule has 0 aliphatic heterocycles. The lowest BCUT2D eigenvalue weighted by Gasteiger charge is -2.35. The van der Waals surface area contributed by atoms with Gasteiger partial charge in [0.05, 0.1) is 11.6 Å². The van der Waals surface area contributed by atoms with E-state index in [1.165, 1.54) is 36.8 Å². The Balaban J connectivity index is 1.14. The van der Waals surface area contributed by atoms with Crippen molar-refractivity contribution in [2.45, 2.75) is 58.3 Å². The van der Waals surface area contributed by atoms with Gasteiger partial charge in [0.15, 0.2) is 17.5 Å². The Labute approximate surface area is 348 Å². The van der Waals surface area contributed by atoms with E-state index in [1.807, 2.05) is 42.5 Å². The summed E-state index contributed by atoms with van der Waals surface area (Å²) in [6.07, 6.45) is 6.32. The highest BCUT2D eigenvalue weighted by Crippen LogP contribution is 2.46. The maximum absolute atomic E-state index is 9.26. The van der Waals surface area contributed by atoms with Crippen LogP contribution >= 0.6 is 0 Å². The van der Waals surface area contributed by atoms with E-state index >= 15 is 0 Å². The minimum atomic E-state index is 0.218. The molecule has 0 radical (unpaired) electrons. The van der Waals surface area contributed by atoms with Crippen LogP contribution in [0.15, 0.2) is 164 Å². The molecule has 0 amide bonds. The van der Waals surface area contributed by atoms with Gasteiger partial charge in [0.25, 0.3) is 0 Å². The summed E-state index contributed by atoms with van der Waals surface area (Å²) in [5, 5.41) is 11.5. The summed E-state index contributed by atoms with van der Waals surface area (Å²) in [6.45, 7) is 7.27. The fourth-order valence-corrected chi connectivity index (χ4v) is 9.31. The molecule has 1 aliphatic carbocycles. The van der Waals surface area contributed by atoms with Crippen LogP contribution in [0, 0.1) is 23.2 Å². The molecular formula is C55H48N4. The largest absolute Gasteiger partial charge is 0.208 e. The molecule has 3 atom stereocenters. The van der Waals surface area contributed by atoms with Gasteiger partial charge in [0.1, 0.15) is 0 Å². The fraction of sp³-hybridized carbons (Fsp3) is 0.200. The summed E-state index contributed by atoms with van der Waals surface area (Å²) in [6, 6.07) is 59.8. The van der Waals surface area contributed by atoms with E-state index < -0.39 is 0 Å². The summed E-state index contributed by atoms with van der Waals surface area (Å²) in [7, 11) is 0. The Morgan fingerprint density at radius 3 is 1.49 bits per heavy atom. The molecule has 9 rings (SSSR count). The second-order valence-electron chi connectivity index (χ2n) is 16.7. The summed E-state index contributed by atoms with van der Waals surface area (Å²) in [5.74, 6) is 3.36. The van der Waals surface area contributed by atoms with Crippen molar-refractivity contribution in [3.8, 4) is 73.6 Å². The van der Waals surface area contributed by atoms with Crippen LogP contribution in [0.3, 0.4) is 0 Å². The summed E-state index contributed by atoms with van der Waals surface area (Å²) < 4.78 is 0. The molecule has 0 saturated heterocycles. The van der Waals surface area contributed by atoms with Crippen molar-refractivity contribution in [2.24, 2.45) is 11.8 Å². The molecule has 4 heteroatoms. The molecule has 1 aliphatic rings. The third kappa shape index (κ3) is 7.94. The van der Waals surface area contributed by atoms with Crippen LogP contribution in [0.2, 0.25) is 0 Å². The average molecular weight is 765 g/mol. The predicted molar refractivity (Wildman–Crippen MR) is 243 cm³/mol. The zero-order chi connectivity index (χ0) is 40.3. The average Bonchev–Trinajstić information content (AvgIpc) is 3.46. The molecular weight excluding hydrogens is 717 g/mol. The Morgan fingerprint density at radius 1 is 0.475 bits per heavy atom. The highest BCUT2D eigenvalue weighted by Gasteiger charge is 2.36. The molecule has 59 heavy (non-hydrogen) atoms. The monoisotopic (exact) mass is 764 g/mol. The fourth-order valence-electron chi connectivity index (χ4n) is 9.31. The minimum absolute atomic E-state index is 0.218. The van der Waals surface area contributed by atoms with Gasteiger partial charge in [-0.2, -0.15) is 5.26 Å². The van der Waals surface area contributed by atoms with Crippen LogP contribution in [0.1, 0.15) is 64.0 Å².